The predicted molar refractivity (Wildman–Crippen MR) is 84.3 cm³/mol. The van der Waals surface area contributed by atoms with Crippen molar-refractivity contribution < 1.29 is 9.53 Å². The molecule has 0 saturated heterocycles. The minimum atomic E-state index is -0.0990. The highest BCUT2D eigenvalue weighted by Gasteiger charge is 2.02. The Bertz CT molecular complexity index is 567. The lowest BCUT2D eigenvalue weighted by Gasteiger charge is -2.08. The molecule has 0 atom stereocenters. The SMILES string of the molecule is COc1ccc(NC(=O)CNc2ccc(Br)cc2)cc1. The molecule has 2 N–H and O–H groups in total. The van der Waals surface area contributed by atoms with E-state index in [1.54, 1.807) is 31.4 Å². The number of hydrogen-bond donors (Lipinski definition) is 2. The number of amides is 1. The van der Waals surface area contributed by atoms with Gasteiger partial charge in [-0.15, -0.1) is 0 Å². The summed E-state index contributed by atoms with van der Waals surface area (Å²) in [5, 5.41) is 5.87. The lowest BCUT2D eigenvalue weighted by atomic mass is 10.3. The summed E-state index contributed by atoms with van der Waals surface area (Å²) in [4.78, 5) is 11.8. The number of halogens is 1. The molecule has 4 nitrogen and oxygen atoms in total. The Balaban J connectivity index is 1.84. The molecule has 0 unspecified atom stereocenters. The minimum Gasteiger partial charge on any atom is -0.497 e. The summed E-state index contributed by atoms with van der Waals surface area (Å²) in [5.74, 6) is 0.661. The highest BCUT2D eigenvalue weighted by Crippen LogP contribution is 2.15. The monoisotopic (exact) mass is 334 g/mol. The van der Waals surface area contributed by atoms with Crippen LogP contribution in [0.15, 0.2) is 53.0 Å². The van der Waals surface area contributed by atoms with Crippen LogP contribution in [0.25, 0.3) is 0 Å². The van der Waals surface area contributed by atoms with Gasteiger partial charge in [0.2, 0.25) is 5.91 Å². The maximum atomic E-state index is 11.8. The molecule has 0 bridgehead atoms. The molecule has 2 aromatic carbocycles. The van der Waals surface area contributed by atoms with Crippen LogP contribution in [-0.4, -0.2) is 19.6 Å². The molecule has 2 rings (SSSR count). The molecule has 0 aromatic heterocycles. The van der Waals surface area contributed by atoms with E-state index in [9.17, 15) is 4.79 Å². The van der Waals surface area contributed by atoms with E-state index >= 15 is 0 Å². The Morgan fingerprint density at radius 2 is 1.65 bits per heavy atom. The summed E-state index contributed by atoms with van der Waals surface area (Å²) in [7, 11) is 1.61. The maximum absolute atomic E-state index is 11.8. The van der Waals surface area contributed by atoms with Crippen LogP contribution >= 0.6 is 15.9 Å². The standard InChI is InChI=1S/C15H15BrN2O2/c1-20-14-8-6-13(7-9-14)18-15(19)10-17-12-4-2-11(16)3-5-12/h2-9,17H,10H2,1H3,(H,18,19). The minimum absolute atomic E-state index is 0.0990. The van der Waals surface area contributed by atoms with Gasteiger partial charge in [0.15, 0.2) is 0 Å². The van der Waals surface area contributed by atoms with E-state index in [0.717, 1.165) is 21.6 Å². The quantitative estimate of drug-likeness (QED) is 0.879. The van der Waals surface area contributed by atoms with E-state index in [4.69, 9.17) is 4.74 Å². The van der Waals surface area contributed by atoms with Crippen LogP contribution in [0.2, 0.25) is 0 Å². The molecule has 0 radical (unpaired) electrons. The second kappa shape index (κ2) is 6.96. The fourth-order valence-corrected chi connectivity index (χ4v) is 1.89. The van der Waals surface area contributed by atoms with E-state index in [-0.39, 0.29) is 12.5 Å². The van der Waals surface area contributed by atoms with E-state index in [2.05, 4.69) is 26.6 Å². The zero-order chi connectivity index (χ0) is 14.4. The van der Waals surface area contributed by atoms with Gasteiger partial charge >= 0.3 is 0 Å². The third-order valence-corrected chi connectivity index (χ3v) is 3.20. The first kappa shape index (κ1) is 14.4. The third-order valence-electron chi connectivity index (χ3n) is 2.67. The molecule has 0 saturated carbocycles. The van der Waals surface area contributed by atoms with Gasteiger partial charge in [-0.3, -0.25) is 4.79 Å². The summed E-state index contributed by atoms with van der Waals surface area (Å²) < 4.78 is 6.07. The van der Waals surface area contributed by atoms with Gasteiger partial charge in [-0.1, -0.05) is 15.9 Å². The molecule has 0 aliphatic heterocycles. The number of hydrogen-bond acceptors (Lipinski definition) is 3. The number of rotatable bonds is 5. The van der Waals surface area contributed by atoms with Crippen LogP contribution in [0.1, 0.15) is 0 Å². The van der Waals surface area contributed by atoms with Gasteiger partial charge in [-0.25, -0.2) is 0 Å². The first-order valence-electron chi connectivity index (χ1n) is 6.11. The molecule has 0 spiro atoms. The van der Waals surface area contributed by atoms with E-state index < -0.39 is 0 Å². The smallest absolute Gasteiger partial charge is 0.243 e. The first-order chi connectivity index (χ1) is 9.67. The second-order valence-electron chi connectivity index (χ2n) is 4.14. The number of benzene rings is 2. The Kier molecular flexibility index (Phi) is 5.01. The Labute approximate surface area is 126 Å². The molecule has 0 heterocycles. The Morgan fingerprint density at radius 3 is 2.25 bits per heavy atom. The van der Waals surface area contributed by atoms with Gasteiger partial charge < -0.3 is 15.4 Å². The fraction of sp³-hybridized carbons (Fsp3) is 0.133. The van der Waals surface area contributed by atoms with Crippen molar-refractivity contribution in [2.24, 2.45) is 0 Å². The lowest BCUT2D eigenvalue weighted by Crippen LogP contribution is -2.21. The number of carbonyl (C=O) groups is 1. The molecule has 5 heteroatoms. The van der Waals surface area contributed by atoms with Gasteiger partial charge in [-0.05, 0) is 48.5 Å². The number of nitrogens with one attached hydrogen (secondary N) is 2. The number of carbonyl (C=O) groups excluding carboxylic acids is 1. The van der Waals surface area contributed by atoms with Gasteiger partial charge in [0.1, 0.15) is 5.75 Å². The van der Waals surface area contributed by atoms with Gasteiger partial charge in [-0.2, -0.15) is 0 Å². The van der Waals surface area contributed by atoms with Crippen molar-refractivity contribution in [3.8, 4) is 5.75 Å². The third kappa shape index (κ3) is 4.28. The van der Waals surface area contributed by atoms with Crippen LogP contribution in [0.4, 0.5) is 11.4 Å². The van der Waals surface area contributed by atoms with Crippen LogP contribution in [0.5, 0.6) is 5.75 Å². The molecule has 104 valence electrons. The molecule has 2 aromatic rings. The van der Waals surface area contributed by atoms with Crippen LogP contribution in [0, 0.1) is 0 Å². The van der Waals surface area contributed by atoms with E-state index in [1.165, 1.54) is 0 Å². The summed E-state index contributed by atoms with van der Waals surface area (Å²) in [5.41, 5.74) is 1.64. The molecule has 0 aliphatic carbocycles. The average Bonchev–Trinajstić information content (AvgIpc) is 2.47. The van der Waals surface area contributed by atoms with E-state index in [1.807, 2.05) is 24.3 Å². The van der Waals surface area contributed by atoms with Crippen LogP contribution in [-0.2, 0) is 4.79 Å². The normalized spacial score (nSPS) is 9.90. The zero-order valence-electron chi connectivity index (χ0n) is 11.0. The molecule has 20 heavy (non-hydrogen) atoms. The second-order valence-corrected chi connectivity index (χ2v) is 5.05. The lowest BCUT2D eigenvalue weighted by molar-refractivity contribution is -0.114. The summed E-state index contributed by atoms with van der Waals surface area (Å²) in [6, 6.07) is 14.9. The highest BCUT2D eigenvalue weighted by molar-refractivity contribution is 9.10. The average molecular weight is 335 g/mol. The number of methoxy groups -OCH3 is 1. The van der Waals surface area contributed by atoms with E-state index in [0.29, 0.717) is 0 Å². The van der Waals surface area contributed by atoms with Crippen molar-refractivity contribution in [1.29, 1.82) is 0 Å². The topological polar surface area (TPSA) is 50.4 Å². The number of anilines is 2. The van der Waals surface area contributed by atoms with Crippen molar-refractivity contribution in [3.63, 3.8) is 0 Å². The summed E-state index contributed by atoms with van der Waals surface area (Å²) in [6.07, 6.45) is 0. The molecular formula is C15H15BrN2O2. The predicted octanol–water partition coefficient (Wildman–Crippen LogP) is 3.51. The van der Waals surface area contributed by atoms with Crippen LogP contribution in [0.3, 0.4) is 0 Å². The largest absolute Gasteiger partial charge is 0.497 e. The molecular weight excluding hydrogens is 320 g/mol. The van der Waals surface area contributed by atoms with Crippen molar-refractivity contribution in [2.45, 2.75) is 0 Å². The Morgan fingerprint density at radius 1 is 1.05 bits per heavy atom. The fourth-order valence-electron chi connectivity index (χ4n) is 1.63. The van der Waals surface area contributed by atoms with Crippen LogP contribution < -0.4 is 15.4 Å². The van der Waals surface area contributed by atoms with Crippen molar-refractivity contribution in [3.05, 3.63) is 53.0 Å². The Hall–Kier alpha value is -2.01. The highest BCUT2D eigenvalue weighted by atomic mass is 79.9. The molecule has 1 amide bonds. The molecule has 0 aliphatic rings. The number of ether oxygens (including phenoxy) is 1. The summed E-state index contributed by atoms with van der Waals surface area (Å²) in [6.45, 7) is 0.216. The maximum Gasteiger partial charge on any atom is 0.243 e. The van der Waals surface area contributed by atoms with Gasteiger partial charge in [0.25, 0.3) is 0 Å². The van der Waals surface area contributed by atoms with Gasteiger partial charge in [0.05, 0.1) is 13.7 Å². The first-order valence-corrected chi connectivity index (χ1v) is 6.90. The summed E-state index contributed by atoms with van der Waals surface area (Å²) >= 11 is 3.36. The van der Waals surface area contributed by atoms with Crippen molar-refractivity contribution in [2.75, 3.05) is 24.3 Å². The van der Waals surface area contributed by atoms with Crippen molar-refractivity contribution in [1.82, 2.24) is 0 Å². The molecule has 0 fully saturated rings. The van der Waals surface area contributed by atoms with Crippen molar-refractivity contribution >= 4 is 33.2 Å². The zero-order valence-corrected chi connectivity index (χ0v) is 12.6. The van der Waals surface area contributed by atoms with Gasteiger partial charge in [0, 0.05) is 15.8 Å².